The van der Waals surface area contributed by atoms with Crippen molar-refractivity contribution in [1.29, 1.82) is 0 Å². The van der Waals surface area contributed by atoms with Crippen LogP contribution in [0, 0.1) is 0 Å². The molecule has 1 unspecified atom stereocenters. The first-order chi connectivity index (χ1) is 7.07. The first kappa shape index (κ1) is 14.4. The minimum Gasteiger partial charge on any atom is -0.481 e. The first-order valence-electron chi connectivity index (χ1n) is 6.00. The van der Waals surface area contributed by atoms with Crippen LogP contribution in [0.3, 0.4) is 0 Å². The molecular weight excluding hydrogens is 190 g/mol. The number of nitrogens with zero attached hydrogens (tertiary/aromatic N) is 1. The molecule has 0 spiro atoms. The smallest absolute Gasteiger partial charge is 0.304 e. The fourth-order valence-electron chi connectivity index (χ4n) is 1.58. The second-order valence-electron chi connectivity index (χ2n) is 4.32. The van der Waals surface area contributed by atoms with Gasteiger partial charge in [-0.25, -0.2) is 0 Å². The van der Waals surface area contributed by atoms with Gasteiger partial charge < -0.3 is 10.0 Å². The highest BCUT2D eigenvalue weighted by molar-refractivity contribution is 5.66. The number of carboxylic acids is 1. The van der Waals surface area contributed by atoms with Gasteiger partial charge in [0.2, 0.25) is 0 Å². The molecule has 0 rings (SSSR count). The van der Waals surface area contributed by atoms with Gasteiger partial charge in [0, 0.05) is 12.6 Å². The summed E-state index contributed by atoms with van der Waals surface area (Å²) < 4.78 is 0. The van der Waals surface area contributed by atoms with Crippen molar-refractivity contribution >= 4 is 5.97 Å². The van der Waals surface area contributed by atoms with E-state index in [-0.39, 0.29) is 6.42 Å². The Morgan fingerprint density at radius 3 is 2.53 bits per heavy atom. The van der Waals surface area contributed by atoms with Gasteiger partial charge in [0.25, 0.3) is 0 Å². The third-order valence-electron chi connectivity index (χ3n) is 2.91. The van der Waals surface area contributed by atoms with Crippen molar-refractivity contribution in [3.63, 3.8) is 0 Å². The maximum Gasteiger partial charge on any atom is 0.304 e. The average Bonchev–Trinajstić information content (AvgIpc) is 2.20. The number of rotatable bonds is 9. The van der Waals surface area contributed by atoms with Crippen LogP contribution in [0.5, 0.6) is 0 Å². The number of carboxylic acid groups (broad SMARTS) is 1. The predicted molar refractivity (Wildman–Crippen MR) is 63.1 cm³/mol. The van der Waals surface area contributed by atoms with Gasteiger partial charge in [0.05, 0.1) is 6.42 Å². The van der Waals surface area contributed by atoms with Crippen LogP contribution in [0.25, 0.3) is 0 Å². The van der Waals surface area contributed by atoms with Crippen LogP contribution in [-0.4, -0.2) is 35.6 Å². The summed E-state index contributed by atoms with van der Waals surface area (Å²) in [6, 6.07) is 0.501. The molecule has 0 saturated carbocycles. The molecule has 0 amide bonds. The molecule has 0 bridgehead atoms. The van der Waals surface area contributed by atoms with E-state index in [1.807, 2.05) is 7.05 Å². The molecule has 1 atom stereocenters. The lowest BCUT2D eigenvalue weighted by atomic mass is 10.1. The summed E-state index contributed by atoms with van der Waals surface area (Å²) in [6.07, 6.45) is 6.56. The van der Waals surface area contributed by atoms with Gasteiger partial charge in [-0.3, -0.25) is 4.79 Å². The molecule has 3 nitrogen and oxygen atoms in total. The van der Waals surface area contributed by atoms with Crippen molar-refractivity contribution in [1.82, 2.24) is 4.90 Å². The molecule has 3 heteroatoms. The largest absolute Gasteiger partial charge is 0.481 e. The topological polar surface area (TPSA) is 40.5 Å². The van der Waals surface area contributed by atoms with E-state index in [2.05, 4.69) is 18.7 Å². The normalized spacial score (nSPS) is 13.1. The van der Waals surface area contributed by atoms with Crippen LogP contribution in [-0.2, 0) is 4.79 Å². The predicted octanol–water partition coefficient (Wildman–Crippen LogP) is 2.75. The Hall–Kier alpha value is -0.570. The molecule has 0 aliphatic carbocycles. The van der Waals surface area contributed by atoms with E-state index >= 15 is 0 Å². The van der Waals surface area contributed by atoms with Crippen LogP contribution >= 0.6 is 0 Å². The minimum absolute atomic E-state index is 0.246. The summed E-state index contributed by atoms with van der Waals surface area (Å²) in [7, 11) is 2.01. The van der Waals surface area contributed by atoms with Crippen LogP contribution in [0.2, 0.25) is 0 Å². The number of hydrogen-bond donors (Lipinski definition) is 1. The third-order valence-corrected chi connectivity index (χ3v) is 2.91. The number of hydrogen-bond acceptors (Lipinski definition) is 2. The average molecular weight is 215 g/mol. The second-order valence-corrected chi connectivity index (χ2v) is 4.32. The molecule has 15 heavy (non-hydrogen) atoms. The quantitative estimate of drug-likeness (QED) is 0.601. The molecule has 0 aliphatic rings. The molecule has 0 heterocycles. The Balaban J connectivity index is 3.50. The molecule has 0 aliphatic heterocycles. The summed E-state index contributed by atoms with van der Waals surface area (Å²) in [5.74, 6) is -0.708. The molecule has 90 valence electrons. The fourth-order valence-corrected chi connectivity index (χ4v) is 1.58. The van der Waals surface area contributed by atoms with Gasteiger partial charge in [-0.1, -0.05) is 32.6 Å². The molecule has 0 radical (unpaired) electrons. The van der Waals surface area contributed by atoms with E-state index in [1.54, 1.807) is 0 Å². The Morgan fingerprint density at radius 2 is 2.00 bits per heavy atom. The van der Waals surface area contributed by atoms with Gasteiger partial charge in [-0.2, -0.15) is 0 Å². The summed E-state index contributed by atoms with van der Waals surface area (Å²) in [6.45, 7) is 5.04. The van der Waals surface area contributed by atoms with Crippen molar-refractivity contribution < 1.29 is 9.90 Å². The number of aliphatic carboxylic acids is 1. The van der Waals surface area contributed by atoms with Crippen LogP contribution in [0.4, 0.5) is 0 Å². The van der Waals surface area contributed by atoms with E-state index in [0.717, 1.165) is 0 Å². The number of carbonyl (C=O) groups is 1. The Bertz CT molecular complexity index is 171. The molecule has 0 saturated heterocycles. The summed E-state index contributed by atoms with van der Waals surface area (Å²) in [5.41, 5.74) is 0. The fraction of sp³-hybridized carbons (Fsp3) is 0.917. The number of unbranched alkanes of at least 4 members (excludes halogenated alkanes) is 3. The Labute approximate surface area is 93.5 Å². The SMILES string of the molecule is CCCCCCC(C)N(C)CCC(=O)O. The van der Waals surface area contributed by atoms with Crippen molar-refractivity contribution in [3.8, 4) is 0 Å². The summed E-state index contributed by atoms with van der Waals surface area (Å²) >= 11 is 0. The van der Waals surface area contributed by atoms with Crippen molar-refractivity contribution in [2.24, 2.45) is 0 Å². The molecule has 0 aromatic heterocycles. The molecule has 0 fully saturated rings. The molecule has 0 aromatic rings. The standard InChI is InChI=1S/C12H25NO2/c1-4-5-6-7-8-11(2)13(3)10-9-12(14)15/h11H,4-10H2,1-3H3,(H,14,15). The zero-order valence-electron chi connectivity index (χ0n) is 10.3. The van der Waals surface area contributed by atoms with Crippen LogP contribution in [0.1, 0.15) is 52.4 Å². The van der Waals surface area contributed by atoms with Gasteiger partial charge in [0.15, 0.2) is 0 Å². The van der Waals surface area contributed by atoms with E-state index in [0.29, 0.717) is 12.6 Å². The van der Waals surface area contributed by atoms with E-state index in [4.69, 9.17) is 5.11 Å². The zero-order valence-corrected chi connectivity index (χ0v) is 10.3. The highest BCUT2D eigenvalue weighted by atomic mass is 16.4. The lowest BCUT2D eigenvalue weighted by molar-refractivity contribution is -0.137. The molecular formula is C12H25NO2. The van der Waals surface area contributed by atoms with E-state index in [1.165, 1.54) is 32.1 Å². The maximum atomic E-state index is 10.4. The zero-order chi connectivity index (χ0) is 11.7. The van der Waals surface area contributed by atoms with Gasteiger partial charge in [0.1, 0.15) is 0 Å². The summed E-state index contributed by atoms with van der Waals surface area (Å²) in [5, 5.41) is 8.56. The third kappa shape index (κ3) is 8.43. The van der Waals surface area contributed by atoms with Crippen molar-refractivity contribution in [2.75, 3.05) is 13.6 Å². The van der Waals surface area contributed by atoms with Gasteiger partial charge in [-0.15, -0.1) is 0 Å². The minimum atomic E-state index is -0.708. The molecule has 0 aromatic carbocycles. The monoisotopic (exact) mass is 215 g/mol. The van der Waals surface area contributed by atoms with E-state index in [9.17, 15) is 4.79 Å². The second kappa shape index (κ2) is 8.72. The Kier molecular flexibility index (Phi) is 8.38. The van der Waals surface area contributed by atoms with Gasteiger partial charge in [-0.05, 0) is 20.4 Å². The Morgan fingerprint density at radius 1 is 1.33 bits per heavy atom. The summed E-state index contributed by atoms with van der Waals surface area (Å²) in [4.78, 5) is 12.5. The lowest BCUT2D eigenvalue weighted by Gasteiger charge is -2.23. The van der Waals surface area contributed by atoms with Crippen LogP contribution < -0.4 is 0 Å². The highest BCUT2D eigenvalue weighted by Gasteiger charge is 2.09. The first-order valence-corrected chi connectivity index (χ1v) is 6.00. The van der Waals surface area contributed by atoms with Crippen molar-refractivity contribution in [2.45, 2.75) is 58.4 Å². The lowest BCUT2D eigenvalue weighted by Crippen LogP contribution is -2.31. The molecule has 1 N–H and O–H groups in total. The maximum absolute atomic E-state index is 10.4. The van der Waals surface area contributed by atoms with Crippen LogP contribution in [0.15, 0.2) is 0 Å². The van der Waals surface area contributed by atoms with Gasteiger partial charge >= 0.3 is 5.97 Å². The van der Waals surface area contributed by atoms with E-state index < -0.39 is 5.97 Å². The van der Waals surface area contributed by atoms with Crippen molar-refractivity contribution in [3.05, 3.63) is 0 Å². The highest BCUT2D eigenvalue weighted by Crippen LogP contribution is 2.09.